The van der Waals surface area contributed by atoms with Crippen LogP contribution in [-0.4, -0.2) is 25.7 Å². The normalized spacial score (nSPS) is 15.2. The third-order valence-corrected chi connectivity index (χ3v) is 4.54. The van der Waals surface area contributed by atoms with Gasteiger partial charge >= 0.3 is 0 Å². The highest BCUT2D eigenvalue weighted by Gasteiger charge is 2.24. The van der Waals surface area contributed by atoms with Gasteiger partial charge in [0.2, 0.25) is 10.0 Å². The van der Waals surface area contributed by atoms with Gasteiger partial charge in [0, 0.05) is 17.8 Å². The highest BCUT2D eigenvalue weighted by atomic mass is 32.2. The van der Waals surface area contributed by atoms with Crippen molar-refractivity contribution in [2.45, 2.75) is 37.7 Å². The molecular weight excluding hydrogens is 271 g/mol. The molecule has 0 bridgehead atoms. The fourth-order valence-electron chi connectivity index (χ4n) is 1.41. The predicted molar refractivity (Wildman–Crippen MR) is 71.7 cm³/mol. The Morgan fingerprint density at radius 3 is 2.58 bits per heavy atom. The predicted octanol–water partition coefficient (Wildman–Crippen LogP) is 1.16. The van der Waals surface area contributed by atoms with Gasteiger partial charge < -0.3 is 10.8 Å². The molecule has 1 aromatic carbocycles. The van der Waals surface area contributed by atoms with Crippen molar-refractivity contribution in [1.29, 1.82) is 0 Å². The van der Waals surface area contributed by atoms with E-state index in [2.05, 4.69) is 4.72 Å². The minimum Gasteiger partial charge on any atom is -0.399 e. The first kappa shape index (κ1) is 15.9. The zero-order valence-electron chi connectivity index (χ0n) is 11.2. The molecule has 5 nitrogen and oxygen atoms in total. The average molecular weight is 290 g/mol. The standard InChI is InChI=1S/C12H19FN2O3S/c1-4-12(3,16)7-15-19(17,18)11-6-9(14)5-10(13)8(11)2/h5-6,15-16H,4,7,14H2,1-3H3. The van der Waals surface area contributed by atoms with Crippen LogP contribution >= 0.6 is 0 Å². The Balaban J connectivity index is 3.08. The van der Waals surface area contributed by atoms with Crippen molar-refractivity contribution in [2.75, 3.05) is 12.3 Å². The molecule has 0 saturated carbocycles. The van der Waals surface area contributed by atoms with Gasteiger partial charge in [-0.3, -0.25) is 0 Å². The second-order valence-corrected chi connectivity index (χ2v) is 6.54. The lowest BCUT2D eigenvalue weighted by Crippen LogP contribution is -2.40. The number of rotatable bonds is 5. The Kier molecular flexibility index (Phi) is 4.54. The number of hydrogen-bond donors (Lipinski definition) is 3. The summed E-state index contributed by atoms with van der Waals surface area (Å²) in [6.45, 7) is 4.46. The summed E-state index contributed by atoms with van der Waals surface area (Å²) in [5.74, 6) is -0.678. The molecule has 1 aromatic rings. The third kappa shape index (κ3) is 3.89. The van der Waals surface area contributed by atoms with Crippen molar-refractivity contribution in [1.82, 2.24) is 4.72 Å². The van der Waals surface area contributed by atoms with Gasteiger partial charge in [0.15, 0.2) is 0 Å². The molecule has 108 valence electrons. The first-order chi connectivity index (χ1) is 8.59. The fraction of sp³-hybridized carbons (Fsp3) is 0.500. The second kappa shape index (κ2) is 5.44. The Labute approximate surface area is 112 Å². The minimum atomic E-state index is -3.91. The van der Waals surface area contributed by atoms with Gasteiger partial charge in [0.05, 0.1) is 10.5 Å². The van der Waals surface area contributed by atoms with E-state index in [1.54, 1.807) is 6.92 Å². The lowest BCUT2D eigenvalue weighted by Gasteiger charge is -2.22. The summed E-state index contributed by atoms with van der Waals surface area (Å²) < 4.78 is 39.9. The zero-order valence-corrected chi connectivity index (χ0v) is 12.0. The minimum absolute atomic E-state index is 0.00200. The number of aliphatic hydroxyl groups is 1. The van der Waals surface area contributed by atoms with Crippen LogP contribution in [0.5, 0.6) is 0 Å². The van der Waals surface area contributed by atoms with Crippen LogP contribution in [0.15, 0.2) is 17.0 Å². The number of nitrogen functional groups attached to an aromatic ring is 1. The molecule has 19 heavy (non-hydrogen) atoms. The Hall–Kier alpha value is -1.18. The third-order valence-electron chi connectivity index (χ3n) is 3.01. The van der Waals surface area contributed by atoms with Crippen molar-refractivity contribution in [3.8, 4) is 0 Å². The average Bonchev–Trinajstić information content (AvgIpc) is 2.31. The van der Waals surface area contributed by atoms with E-state index in [0.29, 0.717) is 6.42 Å². The highest BCUT2D eigenvalue weighted by molar-refractivity contribution is 7.89. The van der Waals surface area contributed by atoms with Crippen molar-refractivity contribution in [3.05, 3.63) is 23.5 Å². The molecular formula is C12H19FN2O3S. The molecule has 7 heteroatoms. The molecule has 0 aromatic heterocycles. The van der Waals surface area contributed by atoms with Crippen LogP contribution in [0, 0.1) is 12.7 Å². The molecule has 0 heterocycles. The number of anilines is 1. The van der Waals surface area contributed by atoms with Gasteiger partial charge in [0.25, 0.3) is 0 Å². The zero-order chi connectivity index (χ0) is 14.8. The fourth-order valence-corrected chi connectivity index (χ4v) is 2.85. The number of sulfonamides is 1. The van der Waals surface area contributed by atoms with Crippen LogP contribution < -0.4 is 10.5 Å². The summed E-state index contributed by atoms with van der Waals surface area (Å²) in [7, 11) is -3.91. The van der Waals surface area contributed by atoms with Crippen LogP contribution in [0.4, 0.5) is 10.1 Å². The summed E-state index contributed by atoms with van der Waals surface area (Å²) in [6, 6.07) is 2.26. The van der Waals surface area contributed by atoms with Crippen LogP contribution in [0.3, 0.4) is 0 Å². The Bertz CT molecular complexity index is 571. The van der Waals surface area contributed by atoms with E-state index in [9.17, 15) is 17.9 Å². The van der Waals surface area contributed by atoms with Crippen LogP contribution in [0.25, 0.3) is 0 Å². The van der Waals surface area contributed by atoms with E-state index < -0.39 is 21.4 Å². The van der Waals surface area contributed by atoms with Crippen molar-refractivity contribution >= 4 is 15.7 Å². The van der Waals surface area contributed by atoms with Crippen molar-refractivity contribution in [2.24, 2.45) is 0 Å². The maximum atomic E-state index is 13.5. The summed E-state index contributed by atoms with van der Waals surface area (Å²) >= 11 is 0. The maximum Gasteiger partial charge on any atom is 0.241 e. The number of nitrogens with one attached hydrogen (secondary N) is 1. The molecule has 4 N–H and O–H groups in total. The smallest absolute Gasteiger partial charge is 0.241 e. The van der Waals surface area contributed by atoms with Crippen molar-refractivity contribution < 1.29 is 17.9 Å². The molecule has 1 rings (SSSR count). The molecule has 0 amide bonds. The van der Waals surface area contributed by atoms with E-state index >= 15 is 0 Å². The van der Waals surface area contributed by atoms with Gasteiger partial charge in [-0.15, -0.1) is 0 Å². The number of nitrogens with two attached hydrogens (primary N) is 1. The van der Waals surface area contributed by atoms with Crippen LogP contribution in [0.2, 0.25) is 0 Å². The Morgan fingerprint density at radius 1 is 1.47 bits per heavy atom. The second-order valence-electron chi connectivity index (χ2n) is 4.80. The molecule has 0 aliphatic heterocycles. The van der Waals surface area contributed by atoms with Crippen LogP contribution in [-0.2, 0) is 10.0 Å². The van der Waals surface area contributed by atoms with E-state index in [4.69, 9.17) is 5.73 Å². The van der Waals surface area contributed by atoms with Crippen LogP contribution in [0.1, 0.15) is 25.8 Å². The SMILES string of the molecule is CCC(C)(O)CNS(=O)(=O)c1cc(N)cc(F)c1C. The summed E-state index contributed by atoms with van der Waals surface area (Å²) in [6.07, 6.45) is 0.389. The quantitative estimate of drug-likeness (QED) is 0.709. The molecule has 1 atom stereocenters. The first-order valence-corrected chi connectivity index (χ1v) is 7.35. The lowest BCUT2D eigenvalue weighted by molar-refractivity contribution is 0.0613. The van der Waals surface area contributed by atoms with E-state index in [1.165, 1.54) is 19.9 Å². The Morgan fingerprint density at radius 2 is 2.05 bits per heavy atom. The molecule has 0 saturated heterocycles. The van der Waals surface area contributed by atoms with Gasteiger partial charge in [0.1, 0.15) is 5.82 Å². The molecule has 0 aliphatic carbocycles. The van der Waals surface area contributed by atoms with Gasteiger partial charge in [-0.25, -0.2) is 17.5 Å². The summed E-state index contributed by atoms with van der Waals surface area (Å²) in [4.78, 5) is -0.211. The number of benzene rings is 1. The highest BCUT2D eigenvalue weighted by Crippen LogP contribution is 2.22. The molecule has 1 unspecified atom stereocenters. The number of hydrogen-bond acceptors (Lipinski definition) is 4. The van der Waals surface area contributed by atoms with Crippen molar-refractivity contribution in [3.63, 3.8) is 0 Å². The molecule has 0 radical (unpaired) electrons. The monoisotopic (exact) mass is 290 g/mol. The summed E-state index contributed by atoms with van der Waals surface area (Å²) in [5.41, 5.74) is 4.33. The van der Waals surface area contributed by atoms with E-state index in [1.807, 2.05) is 0 Å². The summed E-state index contributed by atoms with van der Waals surface area (Å²) in [5, 5.41) is 9.79. The maximum absolute atomic E-state index is 13.5. The molecule has 0 fully saturated rings. The largest absolute Gasteiger partial charge is 0.399 e. The molecule has 0 spiro atoms. The first-order valence-electron chi connectivity index (χ1n) is 5.87. The lowest BCUT2D eigenvalue weighted by atomic mass is 10.1. The van der Waals surface area contributed by atoms with Gasteiger partial charge in [-0.05, 0) is 32.4 Å². The van der Waals surface area contributed by atoms with E-state index in [-0.39, 0.29) is 22.7 Å². The van der Waals surface area contributed by atoms with E-state index in [0.717, 1.165) is 6.07 Å². The topological polar surface area (TPSA) is 92.4 Å². The van der Waals surface area contributed by atoms with Gasteiger partial charge in [-0.1, -0.05) is 6.92 Å². The molecule has 0 aliphatic rings. The van der Waals surface area contributed by atoms with Gasteiger partial charge in [-0.2, -0.15) is 0 Å². The number of halogens is 1.